The van der Waals surface area contributed by atoms with Crippen LogP contribution in [0.25, 0.3) is 0 Å². The summed E-state index contributed by atoms with van der Waals surface area (Å²) in [6.07, 6.45) is 3.27. The first-order chi connectivity index (χ1) is 20.0. The van der Waals surface area contributed by atoms with Crippen molar-refractivity contribution in [2.24, 2.45) is 0 Å². The van der Waals surface area contributed by atoms with Crippen LogP contribution >= 0.6 is 0 Å². The van der Waals surface area contributed by atoms with Crippen LogP contribution in [-0.4, -0.2) is 52.2 Å². The summed E-state index contributed by atoms with van der Waals surface area (Å²) >= 11 is 0. The van der Waals surface area contributed by atoms with Crippen LogP contribution in [0.1, 0.15) is 38.2 Å². The number of benzene rings is 2. The number of anilines is 2. The van der Waals surface area contributed by atoms with Crippen molar-refractivity contribution in [2.45, 2.75) is 26.6 Å². The zero-order valence-electron chi connectivity index (χ0n) is 22.7. The van der Waals surface area contributed by atoms with Crippen LogP contribution in [0.4, 0.5) is 11.5 Å². The lowest BCUT2D eigenvalue weighted by molar-refractivity contribution is 0.0746. The van der Waals surface area contributed by atoms with Gasteiger partial charge in [-0.3, -0.25) is 9.59 Å². The van der Waals surface area contributed by atoms with Crippen molar-refractivity contribution in [1.82, 2.24) is 20.1 Å². The van der Waals surface area contributed by atoms with Gasteiger partial charge in [-0.15, -0.1) is 0 Å². The number of nitrogens with zero attached hydrogens (tertiary/aromatic N) is 6. The molecule has 1 N–H and O–H groups in total. The van der Waals surface area contributed by atoms with Crippen molar-refractivity contribution in [3.63, 3.8) is 0 Å². The maximum atomic E-state index is 13.3. The maximum absolute atomic E-state index is 13.3. The average Bonchev–Trinajstić information content (AvgIpc) is 3.46. The molecule has 0 spiro atoms. The number of ether oxygens (including phenoxy) is 1. The molecule has 0 atom stereocenters. The Labute approximate surface area is 237 Å². The van der Waals surface area contributed by atoms with E-state index in [4.69, 9.17) is 10.00 Å². The van der Waals surface area contributed by atoms with Crippen molar-refractivity contribution >= 4 is 17.4 Å². The molecule has 4 aromatic rings. The van der Waals surface area contributed by atoms with Crippen LogP contribution in [0.5, 0.6) is 5.75 Å². The number of hydrogen-bond donors (Lipinski definition) is 1. The molecule has 2 aromatic heterocycles. The molecule has 1 fully saturated rings. The summed E-state index contributed by atoms with van der Waals surface area (Å²) in [5.41, 5.74) is 5.89. The number of nitriles is 1. The number of hydrogen-bond acceptors (Lipinski definition) is 8. The lowest BCUT2D eigenvalue weighted by Gasteiger charge is -2.35. The van der Waals surface area contributed by atoms with Crippen LogP contribution in [0.2, 0.25) is 0 Å². The highest BCUT2D eigenvalue weighted by molar-refractivity contribution is 5.94. The standard InChI is InChI=1S/C31H29N7O3/c1-21-28(17-34-35-30(21)39)38-18-24-5-2-6-25(27(24)19-38)20-41-26-7-3-4-23(14-26)31(40)37-12-10-36(11-13-37)29-9-8-22(15-32)16-33-29/h2-9,14,16-17H,10-13,18-20H2,1H3,(H,35,39). The van der Waals surface area contributed by atoms with E-state index in [1.807, 2.05) is 42.2 Å². The predicted octanol–water partition coefficient (Wildman–Crippen LogP) is 3.41. The van der Waals surface area contributed by atoms with E-state index in [1.165, 1.54) is 11.1 Å². The molecule has 10 nitrogen and oxygen atoms in total. The van der Waals surface area contributed by atoms with Gasteiger partial charge in [-0.2, -0.15) is 10.4 Å². The Morgan fingerprint density at radius 3 is 2.63 bits per heavy atom. The van der Waals surface area contributed by atoms with Gasteiger partial charge in [0, 0.05) is 56.6 Å². The molecule has 0 radical (unpaired) electrons. The fourth-order valence-electron chi connectivity index (χ4n) is 5.41. The number of pyridine rings is 1. The first-order valence-corrected chi connectivity index (χ1v) is 13.5. The predicted molar refractivity (Wildman–Crippen MR) is 154 cm³/mol. The second kappa shape index (κ2) is 11.1. The van der Waals surface area contributed by atoms with Crippen LogP contribution in [-0.2, 0) is 19.7 Å². The molecule has 2 aromatic carbocycles. The molecule has 0 bridgehead atoms. The van der Waals surface area contributed by atoms with E-state index in [2.05, 4.69) is 43.2 Å². The lowest BCUT2D eigenvalue weighted by Crippen LogP contribution is -2.49. The fourth-order valence-corrected chi connectivity index (χ4v) is 5.41. The molecule has 41 heavy (non-hydrogen) atoms. The van der Waals surface area contributed by atoms with E-state index in [9.17, 15) is 9.59 Å². The van der Waals surface area contributed by atoms with Gasteiger partial charge in [0.25, 0.3) is 11.5 Å². The zero-order valence-corrected chi connectivity index (χ0v) is 22.7. The summed E-state index contributed by atoms with van der Waals surface area (Å²) in [5, 5.41) is 15.5. The third-order valence-corrected chi connectivity index (χ3v) is 7.74. The van der Waals surface area contributed by atoms with Gasteiger partial charge >= 0.3 is 0 Å². The van der Waals surface area contributed by atoms with Crippen molar-refractivity contribution < 1.29 is 9.53 Å². The number of aromatic amines is 1. The largest absolute Gasteiger partial charge is 0.489 e. The number of carbonyl (C=O) groups excluding carboxylic acids is 1. The molecule has 0 saturated carbocycles. The first kappa shape index (κ1) is 26.1. The Bertz CT molecular complexity index is 1690. The number of carbonyl (C=O) groups is 1. The Hall–Kier alpha value is -5.17. The van der Waals surface area contributed by atoms with Gasteiger partial charge in [0.15, 0.2) is 0 Å². The summed E-state index contributed by atoms with van der Waals surface area (Å²) in [7, 11) is 0. The molecule has 4 heterocycles. The number of H-pyrrole nitrogens is 1. The zero-order chi connectivity index (χ0) is 28.3. The molecular formula is C31H29N7O3. The van der Waals surface area contributed by atoms with Gasteiger partial charge in [0.1, 0.15) is 24.2 Å². The quantitative estimate of drug-likeness (QED) is 0.390. The molecule has 1 saturated heterocycles. The number of nitrogens with one attached hydrogen (secondary N) is 1. The van der Waals surface area contributed by atoms with E-state index in [0.29, 0.717) is 68.3 Å². The van der Waals surface area contributed by atoms with Gasteiger partial charge in [-0.1, -0.05) is 24.3 Å². The molecular weight excluding hydrogens is 518 g/mol. The summed E-state index contributed by atoms with van der Waals surface area (Å²) in [6, 6.07) is 19.2. The number of piperazine rings is 1. The lowest BCUT2D eigenvalue weighted by atomic mass is 10.0. The van der Waals surface area contributed by atoms with Gasteiger partial charge in [-0.25, -0.2) is 10.1 Å². The SMILES string of the molecule is Cc1c(N2Cc3cccc(COc4cccc(C(=O)N5CCN(c6ccc(C#N)cn6)CC5)c4)c3C2)cn[nH]c1=O. The van der Waals surface area contributed by atoms with E-state index >= 15 is 0 Å². The maximum Gasteiger partial charge on any atom is 0.269 e. The van der Waals surface area contributed by atoms with Crippen molar-refractivity contribution in [3.05, 3.63) is 111 Å². The van der Waals surface area contributed by atoms with E-state index < -0.39 is 0 Å². The van der Waals surface area contributed by atoms with Crippen molar-refractivity contribution in [1.29, 1.82) is 5.26 Å². The summed E-state index contributed by atoms with van der Waals surface area (Å²) in [4.78, 5) is 35.9. The van der Waals surface area contributed by atoms with E-state index in [0.717, 1.165) is 17.1 Å². The van der Waals surface area contributed by atoms with Crippen molar-refractivity contribution in [3.8, 4) is 11.8 Å². The Morgan fingerprint density at radius 1 is 1.02 bits per heavy atom. The summed E-state index contributed by atoms with van der Waals surface area (Å²) in [5.74, 6) is 1.42. The van der Waals surface area contributed by atoms with Crippen LogP contribution in [0.3, 0.4) is 0 Å². The van der Waals surface area contributed by atoms with Gasteiger partial charge < -0.3 is 19.4 Å². The topological polar surface area (TPSA) is 118 Å². The Balaban J connectivity index is 1.09. The number of fused-ring (bicyclic) bond motifs is 1. The number of rotatable bonds is 6. The molecule has 206 valence electrons. The molecule has 1 amide bonds. The van der Waals surface area contributed by atoms with Gasteiger partial charge in [0.05, 0.1) is 17.4 Å². The Kier molecular flexibility index (Phi) is 7.08. The highest BCUT2D eigenvalue weighted by Crippen LogP contribution is 2.31. The molecule has 6 rings (SSSR count). The van der Waals surface area contributed by atoms with Crippen LogP contribution < -0.4 is 20.1 Å². The number of amides is 1. The summed E-state index contributed by atoms with van der Waals surface area (Å²) < 4.78 is 6.18. The van der Waals surface area contributed by atoms with E-state index in [-0.39, 0.29) is 11.5 Å². The monoisotopic (exact) mass is 547 g/mol. The third kappa shape index (κ3) is 5.34. The van der Waals surface area contributed by atoms with Crippen LogP contribution in [0.15, 0.2) is 71.8 Å². The normalized spacial score (nSPS) is 14.5. The summed E-state index contributed by atoms with van der Waals surface area (Å²) in [6.45, 7) is 6.06. The molecule has 2 aliphatic heterocycles. The minimum absolute atomic E-state index is 0.0269. The number of aromatic nitrogens is 3. The second-order valence-electron chi connectivity index (χ2n) is 10.2. The van der Waals surface area contributed by atoms with E-state index in [1.54, 1.807) is 24.5 Å². The fraction of sp³-hybridized carbons (Fsp3) is 0.258. The second-order valence-corrected chi connectivity index (χ2v) is 10.2. The minimum Gasteiger partial charge on any atom is -0.489 e. The smallest absolute Gasteiger partial charge is 0.269 e. The third-order valence-electron chi connectivity index (χ3n) is 7.74. The highest BCUT2D eigenvalue weighted by Gasteiger charge is 2.25. The van der Waals surface area contributed by atoms with Crippen LogP contribution in [0, 0.1) is 18.3 Å². The molecule has 0 unspecified atom stereocenters. The molecule has 10 heteroatoms. The average molecular weight is 548 g/mol. The van der Waals surface area contributed by atoms with Crippen molar-refractivity contribution in [2.75, 3.05) is 36.0 Å². The first-order valence-electron chi connectivity index (χ1n) is 13.5. The van der Waals surface area contributed by atoms with Gasteiger partial charge in [0.2, 0.25) is 0 Å². The molecule has 2 aliphatic rings. The molecule has 0 aliphatic carbocycles. The Morgan fingerprint density at radius 2 is 1.85 bits per heavy atom. The van der Waals surface area contributed by atoms with Gasteiger partial charge in [-0.05, 0) is 53.9 Å². The minimum atomic E-state index is -0.179. The highest BCUT2D eigenvalue weighted by atomic mass is 16.5.